The smallest absolute Gasteiger partial charge is 0.311 e. The Balaban J connectivity index is 1.96. The summed E-state index contributed by atoms with van der Waals surface area (Å²) in [6.07, 6.45) is 1.43. The fourth-order valence-electron chi connectivity index (χ4n) is 2.05. The van der Waals surface area contributed by atoms with E-state index in [1.807, 2.05) is 6.07 Å². The number of aryl methyl sites for hydroxylation is 1. The highest BCUT2D eigenvalue weighted by Crippen LogP contribution is 2.27. The van der Waals surface area contributed by atoms with Crippen molar-refractivity contribution in [3.63, 3.8) is 0 Å². The molecular formula is C17H16BrN3O5. The molecule has 1 amide bonds. The van der Waals surface area contributed by atoms with E-state index in [1.165, 1.54) is 25.5 Å². The number of rotatable bonds is 7. The minimum absolute atomic E-state index is 0.0217. The highest BCUT2D eigenvalue weighted by atomic mass is 79.9. The Kier molecular flexibility index (Phi) is 6.67. The van der Waals surface area contributed by atoms with E-state index < -0.39 is 17.4 Å². The van der Waals surface area contributed by atoms with E-state index in [9.17, 15) is 14.9 Å². The molecule has 0 bridgehead atoms. The molecule has 9 heteroatoms. The number of halogens is 1. The Labute approximate surface area is 158 Å². The second-order valence-electron chi connectivity index (χ2n) is 5.20. The van der Waals surface area contributed by atoms with Crippen LogP contribution in [0.2, 0.25) is 0 Å². The molecule has 2 aromatic carbocycles. The van der Waals surface area contributed by atoms with E-state index in [-0.39, 0.29) is 11.4 Å². The Morgan fingerprint density at radius 3 is 2.73 bits per heavy atom. The van der Waals surface area contributed by atoms with Gasteiger partial charge in [0.25, 0.3) is 5.91 Å². The van der Waals surface area contributed by atoms with Crippen LogP contribution < -0.4 is 14.9 Å². The second kappa shape index (κ2) is 8.95. The monoisotopic (exact) mass is 421 g/mol. The fourth-order valence-corrected chi connectivity index (χ4v) is 2.43. The van der Waals surface area contributed by atoms with Gasteiger partial charge in [-0.2, -0.15) is 5.10 Å². The van der Waals surface area contributed by atoms with E-state index >= 15 is 0 Å². The SMILES string of the molecule is COc1ccc(Br)cc1C=NNC(=O)COc1ccc(C)cc1[N+](=O)[O-]. The average molecular weight is 422 g/mol. The number of carbonyl (C=O) groups is 1. The Morgan fingerprint density at radius 1 is 1.31 bits per heavy atom. The molecule has 0 spiro atoms. The van der Waals surface area contributed by atoms with Gasteiger partial charge in [-0.15, -0.1) is 0 Å². The van der Waals surface area contributed by atoms with Gasteiger partial charge in [0.1, 0.15) is 5.75 Å². The van der Waals surface area contributed by atoms with E-state index in [2.05, 4.69) is 26.5 Å². The number of carbonyl (C=O) groups excluding carboxylic acids is 1. The Bertz CT molecular complexity index is 854. The summed E-state index contributed by atoms with van der Waals surface area (Å²) in [5.74, 6) is 0.0659. The number of hydrogen-bond donors (Lipinski definition) is 1. The number of nitrogens with zero attached hydrogens (tertiary/aromatic N) is 2. The first-order valence-electron chi connectivity index (χ1n) is 7.44. The minimum atomic E-state index is -0.558. The third-order valence-electron chi connectivity index (χ3n) is 3.25. The predicted molar refractivity (Wildman–Crippen MR) is 99.8 cm³/mol. The van der Waals surface area contributed by atoms with Gasteiger partial charge in [-0.1, -0.05) is 22.0 Å². The van der Waals surface area contributed by atoms with Crippen molar-refractivity contribution in [3.05, 3.63) is 62.1 Å². The highest BCUT2D eigenvalue weighted by molar-refractivity contribution is 9.10. The molecule has 0 atom stereocenters. The molecule has 26 heavy (non-hydrogen) atoms. The summed E-state index contributed by atoms with van der Waals surface area (Å²) in [6.45, 7) is 1.32. The number of nitro groups is 1. The lowest BCUT2D eigenvalue weighted by atomic mass is 10.2. The van der Waals surface area contributed by atoms with E-state index in [4.69, 9.17) is 9.47 Å². The van der Waals surface area contributed by atoms with Gasteiger partial charge in [-0.05, 0) is 36.8 Å². The van der Waals surface area contributed by atoms with Gasteiger partial charge in [0.15, 0.2) is 12.4 Å². The number of methoxy groups -OCH3 is 1. The third kappa shape index (κ3) is 5.28. The lowest BCUT2D eigenvalue weighted by Crippen LogP contribution is -2.24. The van der Waals surface area contributed by atoms with Crippen LogP contribution >= 0.6 is 15.9 Å². The number of hydrazone groups is 1. The van der Waals surface area contributed by atoms with Gasteiger partial charge < -0.3 is 9.47 Å². The highest BCUT2D eigenvalue weighted by Gasteiger charge is 2.16. The fraction of sp³-hybridized carbons (Fsp3) is 0.176. The number of nitro benzene ring substituents is 1. The first-order chi connectivity index (χ1) is 12.4. The van der Waals surface area contributed by atoms with Crippen molar-refractivity contribution >= 4 is 33.7 Å². The van der Waals surface area contributed by atoms with Crippen LogP contribution in [0.3, 0.4) is 0 Å². The number of amides is 1. The second-order valence-corrected chi connectivity index (χ2v) is 6.11. The molecule has 0 unspecified atom stereocenters. The molecule has 0 aromatic heterocycles. The number of hydrogen-bond acceptors (Lipinski definition) is 6. The molecule has 1 N–H and O–H groups in total. The maximum atomic E-state index is 11.8. The topological polar surface area (TPSA) is 103 Å². The predicted octanol–water partition coefficient (Wildman–Crippen LogP) is 3.20. The van der Waals surface area contributed by atoms with Crippen LogP contribution in [0.4, 0.5) is 5.69 Å². The van der Waals surface area contributed by atoms with Crippen LogP contribution in [0.5, 0.6) is 11.5 Å². The molecule has 0 aliphatic carbocycles. The van der Waals surface area contributed by atoms with Crippen molar-refractivity contribution in [3.8, 4) is 11.5 Å². The van der Waals surface area contributed by atoms with E-state index in [0.717, 1.165) is 10.0 Å². The molecule has 136 valence electrons. The van der Waals surface area contributed by atoms with Gasteiger partial charge >= 0.3 is 5.69 Å². The van der Waals surface area contributed by atoms with Crippen LogP contribution in [0.1, 0.15) is 11.1 Å². The summed E-state index contributed by atoms with van der Waals surface area (Å²) in [4.78, 5) is 22.3. The van der Waals surface area contributed by atoms with Crippen LogP contribution in [0.25, 0.3) is 0 Å². The number of ether oxygens (including phenoxy) is 2. The molecule has 2 rings (SSSR count). The van der Waals surface area contributed by atoms with Crippen LogP contribution in [0.15, 0.2) is 46.0 Å². The summed E-state index contributed by atoms with van der Waals surface area (Å²) < 4.78 is 11.3. The van der Waals surface area contributed by atoms with Crippen molar-refractivity contribution in [2.45, 2.75) is 6.92 Å². The standard InChI is InChI=1S/C17H16BrN3O5/c1-11-3-5-16(14(7-11)21(23)24)26-10-17(22)20-19-9-12-8-13(18)4-6-15(12)25-2/h3-9H,10H2,1-2H3,(H,20,22). The Morgan fingerprint density at radius 2 is 2.04 bits per heavy atom. The minimum Gasteiger partial charge on any atom is -0.496 e. The van der Waals surface area contributed by atoms with Gasteiger partial charge in [-0.25, -0.2) is 5.43 Å². The number of benzene rings is 2. The van der Waals surface area contributed by atoms with Gasteiger partial charge in [0.2, 0.25) is 0 Å². The van der Waals surface area contributed by atoms with Crippen molar-refractivity contribution < 1.29 is 19.2 Å². The first-order valence-corrected chi connectivity index (χ1v) is 8.23. The summed E-state index contributed by atoms with van der Waals surface area (Å²) in [5.41, 5.74) is 3.49. The van der Waals surface area contributed by atoms with Crippen molar-refractivity contribution in [2.24, 2.45) is 5.10 Å². The molecule has 0 aliphatic rings. The zero-order chi connectivity index (χ0) is 19.1. The molecule has 0 fully saturated rings. The largest absolute Gasteiger partial charge is 0.496 e. The molecule has 0 aliphatic heterocycles. The van der Waals surface area contributed by atoms with Crippen LogP contribution in [0, 0.1) is 17.0 Å². The molecule has 0 saturated carbocycles. The molecule has 0 heterocycles. The van der Waals surface area contributed by atoms with Crippen LogP contribution in [-0.4, -0.2) is 30.8 Å². The summed E-state index contributed by atoms with van der Waals surface area (Å²) in [5, 5.41) is 14.9. The maximum absolute atomic E-state index is 11.8. The van der Waals surface area contributed by atoms with Crippen molar-refractivity contribution in [2.75, 3.05) is 13.7 Å². The molecule has 8 nitrogen and oxygen atoms in total. The molecule has 2 aromatic rings. The van der Waals surface area contributed by atoms with Crippen molar-refractivity contribution in [1.82, 2.24) is 5.43 Å². The van der Waals surface area contributed by atoms with E-state index in [0.29, 0.717) is 11.3 Å². The maximum Gasteiger partial charge on any atom is 0.311 e. The van der Waals surface area contributed by atoms with Gasteiger partial charge in [-0.3, -0.25) is 14.9 Å². The zero-order valence-electron chi connectivity index (χ0n) is 14.1. The van der Waals surface area contributed by atoms with E-state index in [1.54, 1.807) is 25.1 Å². The Hall–Kier alpha value is -2.94. The lowest BCUT2D eigenvalue weighted by molar-refractivity contribution is -0.385. The number of nitrogens with one attached hydrogen (secondary N) is 1. The average Bonchev–Trinajstić information content (AvgIpc) is 2.60. The molecule has 0 saturated heterocycles. The summed E-state index contributed by atoms with van der Waals surface area (Å²) in [6, 6.07) is 9.85. The molecule has 0 radical (unpaired) electrons. The summed E-state index contributed by atoms with van der Waals surface area (Å²) >= 11 is 3.34. The lowest BCUT2D eigenvalue weighted by Gasteiger charge is -2.07. The van der Waals surface area contributed by atoms with Gasteiger partial charge in [0, 0.05) is 16.1 Å². The summed E-state index contributed by atoms with van der Waals surface area (Å²) in [7, 11) is 1.53. The van der Waals surface area contributed by atoms with Crippen LogP contribution in [-0.2, 0) is 4.79 Å². The first kappa shape index (κ1) is 19.4. The molecular weight excluding hydrogens is 406 g/mol. The van der Waals surface area contributed by atoms with Gasteiger partial charge in [0.05, 0.1) is 18.2 Å². The van der Waals surface area contributed by atoms with Crippen molar-refractivity contribution in [1.29, 1.82) is 0 Å². The third-order valence-corrected chi connectivity index (χ3v) is 3.75. The normalized spacial score (nSPS) is 10.6. The zero-order valence-corrected chi connectivity index (χ0v) is 15.6. The quantitative estimate of drug-likeness (QED) is 0.419.